The Bertz CT molecular complexity index is 531. The molecule has 1 unspecified atom stereocenters. The summed E-state index contributed by atoms with van der Waals surface area (Å²) in [5.41, 5.74) is 1.08. The molecule has 0 bridgehead atoms. The highest BCUT2D eigenvalue weighted by Crippen LogP contribution is 2.14. The summed E-state index contributed by atoms with van der Waals surface area (Å²) in [6, 6.07) is 3.90. The van der Waals surface area contributed by atoms with Gasteiger partial charge >= 0.3 is 0 Å². The van der Waals surface area contributed by atoms with Gasteiger partial charge in [-0.1, -0.05) is 6.07 Å². The van der Waals surface area contributed by atoms with Crippen LogP contribution in [0.3, 0.4) is 0 Å². The number of hydrogen-bond donors (Lipinski definition) is 2. The molecule has 0 saturated carbocycles. The number of imidazole rings is 1. The first-order valence-corrected chi connectivity index (χ1v) is 6.23. The monoisotopic (exact) mass is 265 g/mol. The van der Waals surface area contributed by atoms with Crippen LogP contribution < -0.4 is 5.32 Å². The normalized spacial score (nSPS) is 12.6. The van der Waals surface area contributed by atoms with E-state index in [1.165, 1.54) is 18.2 Å². The molecule has 1 aromatic heterocycles. The van der Waals surface area contributed by atoms with Crippen molar-refractivity contribution in [3.8, 4) is 0 Å². The van der Waals surface area contributed by atoms with Gasteiger partial charge in [-0.15, -0.1) is 0 Å². The van der Waals surface area contributed by atoms with Gasteiger partial charge in [0.1, 0.15) is 17.5 Å². The smallest absolute Gasteiger partial charge is 0.129 e. The summed E-state index contributed by atoms with van der Waals surface area (Å²) in [7, 11) is 0. The Morgan fingerprint density at radius 3 is 2.58 bits per heavy atom. The first-order valence-electron chi connectivity index (χ1n) is 6.23. The number of aromatic amines is 1. The summed E-state index contributed by atoms with van der Waals surface area (Å²) < 4.78 is 27.0. The van der Waals surface area contributed by atoms with Crippen LogP contribution in [0.25, 0.3) is 0 Å². The first-order chi connectivity index (χ1) is 9.06. The number of aryl methyl sites for hydroxylation is 1. The van der Waals surface area contributed by atoms with Gasteiger partial charge in [-0.25, -0.2) is 13.8 Å². The number of nitrogens with zero attached hydrogens (tertiary/aromatic N) is 1. The second-order valence-corrected chi connectivity index (χ2v) is 4.68. The van der Waals surface area contributed by atoms with Crippen molar-refractivity contribution in [1.29, 1.82) is 0 Å². The minimum atomic E-state index is -0.494. The van der Waals surface area contributed by atoms with Crippen LogP contribution in [0.15, 0.2) is 24.4 Å². The molecule has 19 heavy (non-hydrogen) atoms. The molecular formula is C14H17F2N3. The minimum Gasteiger partial charge on any atom is -0.345 e. The Morgan fingerprint density at radius 1 is 1.32 bits per heavy atom. The third-order valence-corrected chi connectivity index (χ3v) is 2.97. The third-order valence-electron chi connectivity index (χ3n) is 2.97. The second kappa shape index (κ2) is 5.93. The van der Waals surface area contributed by atoms with E-state index in [9.17, 15) is 8.78 Å². The lowest BCUT2D eigenvalue weighted by molar-refractivity contribution is 0.497. The van der Waals surface area contributed by atoms with E-state index in [-0.39, 0.29) is 11.6 Å². The van der Waals surface area contributed by atoms with Crippen molar-refractivity contribution in [1.82, 2.24) is 15.3 Å². The van der Waals surface area contributed by atoms with Crippen molar-refractivity contribution in [3.05, 3.63) is 53.1 Å². The highest BCUT2D eigenvalue weighted by molar-refractivity contribution is 5.20. The van der Waals surface area contributed by atoms with Gasteiger partial charge in [0.05, 0.1) is 0 Å². The second-order valence-electron chi connectivity index (χ2n) is 4.68. The average molecular weight is 265 g/mol. The molecule has 0 aliphatic heterocycles. The summed E-state index contributed by atoms with van der Waals surface area (Å²) in [6.45, 7) is 4.37. The van der Waals surface area contributed by atoms with E-state index in [1.54, 1.807) is 6.20 Å². The minimum absolute atomic E-state index is 0.0324. The molecule has 1 atom stereocenters. The van der Waals surface area contributed by atoms with Gasteiger partial charge in [0.25, 0.3) is 0 Å². The van der Waals surface area contributed by atoms with E-state index >= 15 is 0 Å². The van der Waals surface area contributed by atoms with Crippen LogP contribution >= 0.6 is 0 Å². The van der Waals surface area contributed by atoms with Crippen LogP contribution in [0, 0.1) is 18.6 Å². The molecule has 0 spiro atoms. The molecule has 0 saturated heterocycles. The lowest BCUT2D eigenvalue weighted by Gasteiger charge is -2.14. The number of benzene rings is 1. The van der Waals surface area contributed by atoms with Crippen LogP contribution in [0.1, 0.15) is 24.0 Å². The molecule has 102 valence electrons. The van der Waals surface area contributed by atoms with E-state index < -0.39 is 11.6 Å². The molecule has 1 heterocycles. The van der Waals surface area contributed by atoms with Gasteiger partial charge in [-0.3, -0.25) is 0 Å². The predicted molar refractivity (Wildman–Crippen MR) is 69.7 cm³/mol. The number of aromatic nitrogens is 2. The van der Waals surface area contributed by atoms with Crippen LogP contribution in [-0.2, 0) is 13.0 Å². The Labute approximate surface area is 111 Å². The molecule has 3 nitrogen and oxygen atoms in total. The summed E-state index contributed by atoms with van der Waals surface area (Å²) in [4.78, 5) is 7.19. The number of halogens is 2. The standard InChI is InChI=1S/C14H17F2N3/c1-9(17-7-11-8-18-10(2)19-11)6-12-13(15)4-3-5-14(12)16/h3-5,8-9,17H,6-7H2,1-2H3,(H,18,19). The summed E-state index contributed by atoms with van der Waals surface area (Å²) in [5.74, 6) is -0.137. The summed E-state index contributed by atoms with van der Waals surface area (Å²) in [5, 5.41) is 3.21. The van der Waals surface area contributed by atoms with E-state index in [0.29, 0.717) is 13.0 Å². The van der Waals surface area contributed by atoms with Crippen molar-refractivity contribution >= 4 is 0 Å². The number of nitrogens with one attached hydrogen (secondary N) is 2. The van der Waals surface area contributed by atoms with Crippen molar-refractivity contribution in [2.75, 3.05) is 0 Å². The quantitative estimate of drug-likeness (QED) is 0.872. The first kappa shape index (κ1) is 13.7. The molecule has 2 rings (SSSR count). The van der Waals surface area contributed by atoms with Crippen molar-refractivity contribution in [2.45, 2.75) is 32.9 Å². The summed E-state index contributed by atoms with van der Waals surface area (Å²) >= 11 is 0. The highest BCUT2D eigenvalue weighted by atomic mass is 19.1. The van der Waals surface area contributed by atoms with Crippen molar-refractivity contribution in [3.63, 3.8) is 0 Å². The van der Waals surface area contributed by atoms with Gasteiger partial charge in [-0.2, -0.15) is 0 Å². The summed E-state index contributed by atoms with van der Waals surface area (Å²) in [6.07, 6.45) is 2.06. The average Bonchev–Trinajstić information content (AvgIpc) is 2.77. The molecule has 0 radical (unpaired) electrons. The van der Waals surface area contributed by atoms with Crippen LogP contribution in [0.4, 0.5) is 8.78 Å². The Morgan fingerprint density at radius 2 is 2.00 bits per heavy atom. The third kappa shape index (κ3) is 3.61. The highest BCUT2D eigenvalue weighted by Gasteiger charge is 2.12. The zero-order valence-corrected chi connectivity index (χ0v) is 11.0. The lowest BCUT2D eigenvalue weighted by atomic mass is 10.1. The van der Waals surface area contributed by atoms with Crippen molar-refractivity contribution < 1.29 is 8.78 Å². The van der Waals surface area contributed by atoms with E-state index in [0.717, 1.165) is 11.5 Å². The predicted octanol–water partition coefficient (Wildman–Crippen LogP) is 2.72. The fourth-order valence-corrected chi connectivity index (χ4v) is 1.95. The van der Waals surface area contributed by atoms with Crippen molar-refractivity contribution in [2.24, 2.45) is 0 Å². The molecule has 0 amide bonds. The zero-order valence-electron chi connectivity index (χ0n) is 11.0. The van der Waals surface area contributed by atoms with Gasteiger partial charge in [0.15, 0.2) is 0 Å². The Hall–Kier alpha value is -1.75. The van der Waals surface area contributed by atoms with Gasteiger partial charge in [0.2, 0.25) is 0 Å². The maximum absolute atomic E-state index is 13.5. The molecule has 1 aromatic carbocycles. The molecular weight excluding hydrogens is 248 g/mol. The molecule has 5 heteroatoms. The molecule has 0 aliphatic rings. The topological polar surface area (TPSA) is 40.7 Å². The Kier molecular flexibility index (Phi) is 4.27. The number of rotatable bonds is 5. The van der Waals surface area contributed by atoms with Crippen LogP contribution in [0.2, 0.25) is 0 Å². The van der Waals surface area contributed by atoms with E-state index in [2.05, 4.69) is 15.3 Å². The number of H-pyrrole nitrogens is 1. The maximum Gasteiger partial charge on any atom is 0.129 e. The maximum atomic E-state index is 13.5. The molecule has 0 fully saturated rings. The van der Waals surface area contributed by atoms with Gasteiger partial charge in [-0.05, 0) is 32.4 Å². The SMILES string of the molecule is Cc1ncc(CNC(C)Cc2c(F)cccc2F)[nH]1. The molecule has 2 aromatic rings. The zero-order chi connectivity index (χ0) is 13.8. The van der Waals surface area contributed by atoms with Crippen LogP contribution in [0.5, 0.6) is 0 Å². The lowest BCUT2D eigenvalue weighted by Crippen LogP contribution is -2.28. The fraction of sp³-hybridized carbons (Fsp3) is 0.357. The van der Waals surface area contributed by atoms with Gasteiger partial charge < -0.3 is 10.3 Å². The fourth-order valence-electron chi connectivity index (χ4n) is 1.95. The largest absolute Gasteiger partial charge is 0.345 e. The van der Waals surface area contributed by atoms with E-state index in [1.807, 2.05) is 13.8 Å². The van der Waals surface area contributed by atoms with Gasteiger partial charge in [0, 0.05) is 30.0 Å². The number of hydrogen-bond acceptors (Lipinski definition) is 2. The Balaban J connectivity index is 1.92. The molecule has 2 N–H and O–H groups in total. The van der Waals surface area contributed by atoms with E-state index in [4.69, 9.17) is 0 Å². The molecule has 0 aliphatic carbocycles. The van der Waals surface area contributed by atoms with Crippen LogP contribution in [-0.4, -0.2) is 16.0 Å².